The van der Waals surface area contributed by atoms with Gasteiger partial charge in [0, 0.05) is 33.2 Å². The number of aromatic nitrogens is 3. The van der Waals surface area contributed by atoms with Crippen LogP contribution in [0.4, 0.5) is 0 Å². The van der Waals surface area contributed by atoms with Gasteiger partial charge in [0.15, 0.2) is 5.82 Å². The summed E-state index contributed by atoms with van der Waals surface area (Å²) in [7, 11) is 0. The van der Waals surface area contributed by atoms with Crippen LogP contribution in [0.15, 0.2) is 224 Å². The van der Waals surface area contributed by atoms with Crippen molar-refractivity contribution in [2.75, 3.05) is 0 Å². The lowest BCUT2D eigenvalue weighted by Gasteiger charge is -2.15. The smallest absolute Gasteiger partial charge is 0.160 e. The Balaban J connectivity index is 1.05. The van der Waals surface area contributed by atoms with Crippen molar-refractivity contribution in [2.45, 2.75) is 0 Å². The minimum Gasteiger partial charge on any atom is -0.309 e. The van der Waals surface area contributed by atoms with Crippen LogP contribution in [-0.2, 0) is 0 Å². The van der Waals surface area contributed by atoms with Crippen molar-refractivity contribution in [3.63, 3.8) is 0 Å². The molecular formula is C58H37N3. The first kappa shape index (κ1) is 34.9. The highest BCUT2D eigenvalue weighted by Gasteiger charge is 2.19. The molecule has 0 atom stereocenters. The molecule has 0 radical (unpaired) electrons. The van der Waals surface area contributed by atoms with Crippen molar-refractivity contribution in [3.05, 3.63) is 224 Å². The molecule has 0 aliphatic rings. The summed E-state index contributed by atoms with van der Waals surface area (Å²) in [6.07, 6.45) is 0. The monoisotopic (exact) mass is 775 g/mol. The first-order valence-electron chi connectivity index (χ1n) is 20.8. The van der Waals surface area contributed by atoms with E-state index in [4.69, 9.17) is 9.97 Å². The van der Waals surface area contributed by atoms with Gasteiger partial charge < -0.3 is 4.57 Å². The maximum absolute atomic E-state index is 5.42. The molecule has 0 fully saturated rings. The Bertz CT molecular complexity index is 3610. The molecule has 0 unspecified atom stereocenters. The fraction of sp³-hybridized carbons (Fsp3) is 0. The predicted molar refractivity (Wildman–Crippen MR) is 256 cm³/mol. The number of fused-ring (bicyclic) bond motifs is 7. The molecule has 284 valence electrons. The molecule has 0 aliphatic carbocycles. The molecule has 12 aromatic rings. The van der Waals surface area contributed by atoms with Crippen molar-refractivity contribution < 1.29 is 0 Å². The van der Waals surface area contributed by atoms with E-state index in [2.05, 4.69) is 229 Å². The molecule has 0 amide bonds. The highest BCUT2D eigenvalue weighted by molar-refractivity contribution is 6.20. The summed E-state index contributed by atoms with van der Waals surface area (Å²) in [5.41, 5.74) is 13.0. The lowest BCUT2D eigenvalue weighted by Crippen LogP contribution is -1.97. The Kier molecular flexibility index (Phi) is 8.17. The number of rotatable bonds is 6. The van der Waals surface area contributed by atoms with E-state index >= 15 is 0 Å². The molecule has 2 heterocycles. The largest absolute Gasteiger partial charge is 0.309 e. The van der Waals surface area contributed by atoms with Gasteiger partial charge in [0.2, 0.25) is 0 Å². The van der Waals surface area contributed by atoms with Crippen LogP contribution in [0.5, 0.6) is 0 Å². The highest BCUT2D eigenvalue weighted by atomic mass is 15.0. The molecule has 3 nitrogen and oxygen atoms in total. The summed E-state index contributed by atoms with van der Waals surface area (Å²) >= 11 is 0. The van der Waals surface area contributed by atoms with E-state index in [1.165, 1.54) is 59.8 Å². The van der Waals surface area contributed by atoms with Crippen LogP contribution >= 0.6 is 0 Å². The summed E-state index contributed by atoms with van der Waals surface area (Å²) in [6, 6.07) is 80.4. The van der Waals surface area contributed by atoms with Gasteiger partial charge in [-0.15, -0.1) is 0 Å². The van der Waals surface area contributed by atoms with E-state index in [0.29, 0.717) is 5.82 Å². The second-order valence-corrected chi connectivity index (χ2v) is 15.7. The zero-order valence-electron chi connectivity index (χ0n) is 33.2. The normalized spacial score (nSPS) is 11.6. The maximum Gasteiger partial charge on any atom is 0.160 e. The third-order valence-corrected chi connectivity index (χ3v) is 12.2. The van der Waals surface area contributed by atoms with Gasteiger partial charge in [0.25, 0.3) is 0 Å². The third kappa shape index (κ3) is 5.90. The van der Waals surface area contributed by atoms with E-state index in [-0.39, 0.29) is 0 Å². The molecular weight excluding hydrogens is 739 g/mol. The summed E-state index contributed by atoms with van der Waals surface area (Å²) < 4.78 is 2.36. The van der Waals surface area contributed by atoms with E-state index < -0.39 is 0 Å². The lowest BCUT2D eigenvalue weighted by molar-refractivity contribution is 1.18. The third-order valence-electron chi connectivity index (χ3n) is 12.2. The first-order chi connectivity index (χ1) is 30.2. The van der Waals surface area contributed by atoms with Gasteiger partial charge in [-0.1, -0.05) is 188 Å². The SMILES string of the molecule is c1ccc(-c2ccc(-c3cc(-c4cccc5c4c4ccccc4n5-c4ccccc4)nc(-c4ccc(-c5c6ccccc6cc6c5ccc5ccccc56)cc4)n3)cc2)cc1. The highest BCUT2D eigenvalue weighted by Crippen LogP contribution is 2.42. The number of hydrogen-bond acceptors (Lipinski definition) is 2. The molecule has 0 aliphatic heterocycles. The van der Waals surface area contributed by atoms with Crippen LogP contribution in [0.2, 0.25) is 0 Å². The molecule has 61 heavy (non-hydrogen) atoms. The number of nitrogens with zero attached hydrogens (tertiary/aromatic N) is 3. The summed E-state index contributed by atoms with van der Waals surface area (Å²) in [5, 5.41) is 9.83. The second-order valence-electron chi connectivity index (χ2n) is 15.7. The quantitative estimate of drug-likeness (QED) is 0.124. The number of para-hydroxylation sites is 2. The number of hydrogen-bond donors (Lipinski definition) is 0. The fourth-order valence-corrected chi connectivity index (χ4v) is 9.33. The molecule has 12 rings (SSSR count). The average molecular weight is 776 g/mol. The van der Waals surface area contributed by atoms with Gasteiger partial charge in [-0.3, -0.25) is 0 Å². The molecule has 0 N–H and O–H groups in total. The topological polar surface area (TPSA) is 30.7 Å². The molecule has 0 saturated carbocycles. The van der Waals surface area contributed by atoms with Crippen LogP contribution < -0.4 is 0 Å². The van der Waals surface area contributed by atoms with E-state index in [0.717, 1.165) is 50.4 Å². The average Bonchev–Trinajstić information content (AvgIpc) is 3.68. The zero-order chi connectivity index (χ0) is 40.3. The van der Waals surface area contributed by atoms with Gasteiger partial charge in [-0.05, 0) is 91.0 Å². The van der Waals surface area contributed by atoms with Crippen molar-refractivity contribution in [1.29, 1.82) is 0 Å². The van der Waals surface area contributed by atoms with E-state index in [1.807, 2.05) is 0 Å². The first-order valence-corrected chi connectivity index (χ1v) is 20.8. The molecule has 0 bridgehead atoms. The van der Waals surface area contributed by atoms with Gasteiger partial charge in [-0.25, -0.2) is 9.97 Å². The molecule has 0 spiro atoms. The van der Waals surface area contributed by atoms with E-state index in [9.17, 15) is 0 Å². The van der Waals surface area contributed by atoms with Crippen molar-refractivity contribution >= 4 is 54.1 Å². The molecule has 10 aromatic carbocycles. The van der Waals surface area contributed by atoms with Gasteiger partial charge >= 0.3 is 0 Å². The summed E-state index contributed by atoms with van der Waals surface area (Å²) in [5.74, 6) is 0.684. The Hall–Kier alpha value is -8.14. The Morgan fingerprint density at radius 1 is 0.311 bits per heavy atom. The van der Waals surface area contributed by atoms with Crippen LogP contribution in [0.25, 0.3) is 116 Å². The van der Waals surface area contributed by atoms with Crippen LogP contribution in [0.3, 0.4) is 0 Å². The van der Waals surface area contributed by atoms with Crippen molar-refractivity contribution in [1.82, 2.24) is 14.5 Å². The van der Waals surface area contributed by atoms with Crippen LogP contribution in [0, 0.1) is 0 Å². The standard InChI is InChI=1S/C58H37N3/c1-3-14-38(15-4-1)39-26-28-41(29-27-39)52-37-53(49-23-13-25-55-57(49)50-22-11-12-24-54(50)61(55)45-18-5-2-6-19-45)60-58(59-52)43-32-30-42(31-33-43)56-47-21-10-8-17-44(47)36-51-46-20-9-7-16-40(46)34-35-48(51)56/h1-37H. The molecule has 3 heteroatoms. The van der Waals surface area contributed by atoms with Crippen molar-refractivity contribution in [2.24, 2.45) is 0 Å². The molecule has 0 saturated heterocycles. The zero-order valence-corrected chi connectivity index (χ0v) is 33.2. The Morgan fingerprint density at radius 2 is 0.902 bits per heavy atom. The predicted octanol–water partition coefficient (Wildman–Crippen LogP) is 15.4. The van der Waals surface area contributed by atoms with Crippen LogP contribution in [-0.4, -0.2) is 14.5 Å². The number of benzene rings is 10. The van der Waals surface area contributed by atoms with Gasteiger partial charge in [0.1, 0.15) is 0 Å². The lowest BCUT2D eigenvalue weighted by atomic mass is 9.89. The summed E-state index contributed by atoms with van der Waals surface area (Å²) in [6.45, 7) is 0. The van der Waals surface area contributed by atoms with Gasteiger partial charge in [-0.2, -0.15) is 0 Å². The fourth-order valence-electron chi connectivity index (χ4n) is 9.33. The van der Waals surface area contributed by atoms with Gasteiger partial charge in [0.05, 0.1) is 22.4 Å². The summed E-state index contributed by atoms with van der Waals surface area (Å²) in [4.78, 5) is 10.7. The van der Waals surface area contributed by atoms with Crippen LogP contribution in [0.1, 0.15) is 0 Å². The van der Waals surface area contributed by atoms with E-state index in [1.54, 1.807) is 0 Å². The maximum atomic E-state index is 5.42. The minimum atomic E-state index is 0.684. The second kappa shape index (κ2) is 14.3. The van der Waals surface area contributed by atoms with Crippen molar-refractivity contribution in [3.8, 4) is 61.8 Å². The molecule has 2 aromatic heterocycles. The Morgan fingerprint density at radius 3 is 1.70 bits per heavy atom. The Labute approximate surface area is 353 Å². The minimum absolute atomic E-state index is 0.684.